The van der Waals surface area contributed by atoms with Gasteiger partial charge in [-0.2, -0.15) is 10.2 Å². The Morgan fingerprint density at radius 1 is 1.07 bits per heavy atom. The van der Waals surface area contributed by atoms with Gasteiger partial charge in [-0.1, -0.05) is 12.1 Å². The van der Waals surface area contributed by atoms with Gasteiger partial charge in [0.05, 0.1) is 17.4 Å². The van der Waals surface area contributed by atoms with Crippen molar-refractivity contribution in [3.8, 4) is 5.82 Å². The molecule has 8 nitrogen and oxygen atoms in total. The van der Waals surface area contributed by atoms with Crippen molar-refractivity contribution in [2.24, 2.45) is 7.05 Å². The highest BCUT2D eigenvalue weighted by Gasteiger charge is 2.27. The van der Waals surface area contributed by atoms with E-state index in [1.165, 1.54) is 6.20 Å². The van der Waals surface area contributed by atoms with Crippen molar-refractivity contribution in [2.75, 3.05) is 4.72 Å². The molecule has 1 aromatic carbocycles. The molecule has 0 spiro atoms. The van der Waals surface area contributed by atoms with Crippen LogP contribution in [0.5, 0.6) is 0 Å². The maximum absolute atomic E-state index is 12.9. The zero-order chi connectivity index (χ0) is 19.3. The third-order valence-corrected chi connectivity index (χ3v) is 6.27. The summed E-state index contributed by atoms with van der Waals surface area (Å²) < 4.78 is 31.8. The van der Waals surface area contributed by atoms with Crippen molar-refractivity contribution < 1.29 is 8.42 Å². The van der Waals surface area contributed by atoms with Crippen LogP contribution in [0, 0.1) is 0 Å². The van der Waals surface area contributed by atoms with Gasteiger partial charge in [-0.05, 0) is 37.1 Å². The van der Waals surface area contributed by atoms with E-state index in [0.717, 1.165) is 29.4 Å². The smallest absolute Gasteiger partial charge is 0.263 e. The molecule has 0 unspecified atom stereocenters. The van der Waals surface area contributed by atoms with E-state index in [0.29, 0.717) is 17.4 Å². The summed E-state index contributed by atoms with van der Waals surface area (Å²) in [6.07, 6.45) is 7.11. The Balaban J connectivity index is 1.46. The Bertz CT molecular complexity index is 1270. The van der Waals surface area contributed by atoms with Gasteiger partial charge in [-0.3, -0.25) is 9.40 Å². The average molecular weight is 394 g/mol. The number of nitrogens with one attached hydrogen (secondary N) is 1. The monoisotopic (exact) mass is 394 g/mol. The molecule has 0 amide bonds. The molecule has 28 heavy (non-hydrogen) atoms. The van der Waals surface area contributed by atoms with Crippen molar-refractivity contribution >= 4 is 26.6 Å². The molecule has 1 saturated carbocycles. The number of aromatic nitrogens is 5. The van der Waals surface area contributed by atoms with E-state index >= 15 is 0 Å². The lowest BCUT2D eigenvalue weighted by Crippen LogP contribution is -2.14. The summed E-state index contributed by atoms with van der Waals surface area (Å²) in [4.78, 5) is 4.43. The van der Waals surface area contributed by atoms with E-state index in [4.69, 9.17) is 0 Å². The van der Waals surface area contributed by atoms with Crippen LogP contribution in [-0.4, -0.2) is 33.0 Å². The number of nitrogens with zero attached hydrogens (tertiary/aromatic N) is 5. The maximum atomic E-state index is 12.9. The van der Waals surface area contributed by atoms with Gasteiger partial charge in [0.25, 0.3) is 10.0 Å². The molecule has 9 heteroatoms. The van der Waals surface area contributed by atoms with Gasteiger partial charge < -0.3 is 0 Å². The first-order chi connectivity index (χ1) is 13.5. The molecule has 0 atom stereocenters. The highest BCUT2D eigenvalue weighted by molar-refractivity contribution is 7.92. The highest BCUT2D eigenvalue weighted by Crippen LogP contribution is 2.40. The summed E-state index contributed by atoms with van der Waals surface area (Å²) in [7, 11) is -2.01. The Hall–Kier alpha value is -3.20. The molecule has 1 N–H and O–H groups in total. The number of hydrogen-bond donors (Lipinski definition) is 1. The predicted molar refractivity (Wildman–Crippen MR) is 105 cm³/mol. The number of para-hydroxylation sites is 1. The molecular formula is C19H18N6O2S. The number of hydrogen-bond acceptors (Lipinski definition) is 5. The first-order valence-electron chi connectivity index (χ1n) is 8.97. The molecule has 3 aromatic heterocycles. The molecule has 0 aliphatic heterocycles. The molecule has 0 saturated heterocycles. The van der Waals surface area contributed by atoms with Crippen LogP contribution in [0.1, 0.15) is 24.5 Å². The molecule has 1 aliphatic rings. The minimum absolute atomic E-state index is 0.0931. The van der Waals surface area contributed by atoms with Crippen molar-refractivity contribution in [2.45, 2.75) is 23.7 Å². The van der Waals surface area contributed by atoms with Gasteiger partial charge in [0, 0.05) is 36.4 Å². The predicted octanol–water partition coefficient (Wildman–Crippen LogP) is 2.83. The molecule has 0 bridgehead atoms. The summed E-state index contributed by atoms with van der Waals surface area (Å²) in [6, 6.07) is 10.6. The van der Waals surface area contributed by atoms with Gasteiger partial charge in [-0.15, -0.1) is 0 Å². The van der Waals surface area contributed by atoms with Crippen LogP contribution in [0.3, 0.4) is 0 Å². The second kappa shape index (κ2) is 6.16. The lowest BCUT2D eigenvalue weighted by molar-refractivity contribution is 0.600. The first kappa shape index (κ1) is 16.9. The summed E-state index contributed by atoms with van der Waals surface area (Å²) in [6.45, 7) is 0. The quantitative estimate of drug-likeness (QED) is 0.562. The number of anilines is 1. The fraction of sp³-hybridized carbons (Fsp3) is 0.211. The molecule has 5 rings (SSSR count). The molecule has 4 aromatic rings. The maximum Gasteiger partial charge on any atom is 0.263 e. The lowest BCUT2D eigenvalue weighted by atomic mass is 10.2. The third-order valence-electron chi connectivity index (χ3n) is 4.92. The van der Waals surface area contributed by atoms with Gasteiger partial charge in [0.15, 0.2) is 5.82 Å². The average Bonchev–Trinajstić information content (AvgIpc) is 3.29. The number of sulfonamides is 1. The second-order valence-corrected chi connectivity index (χ2v) is 8.59. The lowest BCUT2D eigenvalue weighted by Gasteiger charge is -2.11. The zero-order valence-electron chi connectivity index (χ0n) is 15.1. The van der Waals surface area contributed by atoms with Crippen molar-refractivity contribution in [3.63, 3.8) is 0 Å². The second-order valence-electron chi connectivity index (χ2n) is 6.91. The number of fused-ring (bicyclic) bond motifs is 1. The van der Waals surface area contributed by atoms with Gasteiger partial charge >= 0.3 is 0 Å². The van der Waals surface area contributed by atoms with E-state index in [1.807, 2.05) is 12.1 Å². The van der Waals surface area contributed by atoms with E-state index in [9.17, 15) is 8.42 Å². The highest BCUT2D eigenvalue weighted by atomic mass is 32.2. The Morgan fingerprint density at radius 3 is 2.68 bits per heavy atom. The number of pyridine rings is 1. The van der Waals surface area contributed by atoms with E-state index in [-0.39, 0.29) is 4.90 Å². The molecular weight excluding hydrogens is 376 g/mol. The van der Waals surface area contributed by atoms with Crippen molar-refractivity contribution in [3.05, 3.63) is 60.7 Å². The normalized spacial score (nSPS) is 14.5. The summed E-state index contributed by atoms with van der Waals surface area (Å²) in [5, 5.41) is 9.37. The van der Waals surface area contributed by atoms with E-state index < -0.39 is 10.0 Å². The van der Waals surface area contributed by atoms with Gasteiger partial charge in [0.2, 0.25) is 0 Å². The number of benzene rings is 1. The Kier molecular flexibility index (Phi) is 3.73. The zero-order valence-corrected chi connectivity index (χ0v) is 16.0. The third kappa shape index (κ3) is 2.84. The van der Waals surface area contributed by atoms with Crippen LogP contribution in [0.25, 0.3) is 16.7 Å². The molecule has 1 fully saturated rings. The molecule has 3 heterocycles. The fourth-order valence-electron chi connectivity index (χ4n) is 3.37. The van der Waals surface area contributed by atoms with E-state index in [2.05, 4.69) is 19.9 Å². The standard InChI is InChI=1S/C19H18N6O2S/c1-24-19-14(11-22-24)3-2-4-16(19)23-28(26,27)15-7-8-18(20-12-15)25-17(9-10-21-25)13-5-6-13/h2-4,7-13,23H,5-6H2,1H3. The molecule has 0 radical (unpaired) electrons. The summed E-state index contributed by atoms with van der Waals surface area (Å²) in [5.41, 5.74) is 2.31. The van der Waals surface area contributed by atoms with Crippen LogP contribution in [0.15, 0.2) is 59.9 Å². The molecule has 1 aliphatic carbocycles. The Labute approximate surface area is 161 Å². The van der Waals surface area contributed by atoms with Gasteiger partial charge in [-0.25, -0.2) is 18.1 Å². The number of rotatable bonds is 5. The van der Waals surface area contributed by atoms with Crippen LogP contribution in [0.4, 0.5) is 5.69 Å². The minimum atomic E-state index is -3.78. The number of aryl methyl sites for hydroxylation is 1. The summed E-state index contributed by atoms with van der Waals surface area (Å²) in [5.74, 6) is 1.13. The summed E-state index contributed by atoms with van der Waals surface area (Å²) >= 11 is 0. The van der Waals surface area contributed by atoms with Crippen LogP contribution < -0.4 is 4.72 Å². The first-order valence-corrected chi connectivity index (χ1v) is 10.5. The van der Waals surface area contributed by atoms with Crippen LogP contribution in [-0.2, 0) is 17.1 Å². The molecule has 142 valence electrons. The SMILES string of the molecule is Cn1ncc2cccc(NS(=O)(=O)c3ccc(-n4nccc4C4CC4)nc3)c21. The Morgan fingerprint density at radius 2 is 1.93 bits per heavy atom. The van der Waals surface area contributed by atoms with E-state index in [1.54, 1.807) is 53.1 Å². The van der Waals surface area contributed by atoms with Crippen LogP contribution in [0.2, 0.25) is 0 Å². The van der Waals surface area contributed by atoms with Crippen LogP contribution >= 0.6 is 0 Å². The minimum Gasteiger partial charge on any atom is -0.277 e. The van der Waals surface area contributed by atoms with Gasteiger partial charge in [0.1, 0.15) is 4.90 Å². The topological polar surface area (TPSA) is 94.7 Å². The van der Waals surface area contributed by atoms with Crippen molar-refractivity contribution in [1.29, 1.82) is 0 Å². The largest absolute Gasteiger partial charge is 0.277 e. The van der Waals surface area contributed by atoms with Crippen molar-refractivity contribution in [1.82, 2.24) is 24.5 Å². The fourth-order valence-corrected chi connectivity index (χ4v) is 4.38.